The molecule has 3 aliphatic rings. The number of nitrogens with two attached hydrogens (primary N) is 1. The van der Waals surface area contributed by atoms with Gasteiger partial charge >= 0.3 is 0 Å². The first-order chi connectivity index (χ1) is 16.2. The first-order valence-corrected chi connectivity index (χ1v) is 11.2. The normalized spacial score (nSPS) is 27.2. The van der Waals surface area contributed by atoms with Crippen molar-refractivity contribution in [3.63, 3.8) is 0 Å². The second kappa shape index (κ2) is 7.82. The Bertz CT molecular complexity index is 1250. The first-order valence-electron chi connectivity index (χ1n) is 10.8. The lowest BCUT2D eigenvalue weighted by atomic mass is 9.76. The predicted molar refractivity (Wildman–Crippen MR) is 123 cm³/mol. The third kappa shape index (κ3) is 3.04. The number of carbonyl (C=O) groups excluding carboxylic acids is 4. The van der Waals surface area contributed by atoms with E-state index < -0.39 is 47.0 Å². The number of hydrogen-bond acceptors (Lipinski definition) is 6. The molecule has 34 heavy (non-hydrogen) atoms. The molecule has 3 heterocycles. The van der Waals surface area contributed by atoms with Gasteiger partial charge < -0.3 is 15.8 Å². The van der Waals surface area contributed by atoms with Crippen LogP contribution in [0.5, 0.6) is 5.75 Å². The van der Waals surface area contributed by atoms with E-state index in [1.807, 2.05) is 0 Å². The number of halogens is 1. The lowest BCUT2D eigenvalue weighted by Gasteiger charge is -2.29. The summed E-state index contributed by atoms with van der Waals surface area (Å²) in [5, 5.41) is 6.48. The molecular weight excluding hydrogens is 460 g/mol. The Morgan fingerprint density at radius 2 is 1.85 bits per heavy atom. The summed E-state index contributed by atoms with van der Waals surface area (Å²) in [5.41, 5.74) is 6.40. The second-order valence-corrected chi connectivity index (χ2v) is 9.30. The average molecular weight is 483 g/mol. The highest BCUT2D eigenvalue weighted by atomic mass is 35.5. The largest absolute Gasteiger partial charge is 0.497 e. The minimum absolute atomic E-state index is 0.0438. The highest BCUT2D eigenvalue weighted by molar-refractivity contribution is 6.32. The van der Waals surface area contributed by atoms with Crippen LogP contribution in [0.25, 0.3) is 0 Å². The van der Waals surface area contributed by atoms with Gasteiger partial charge in [-0.1, -0.05) is 29.8 Å². The van der Waals surface area contributed by atoms with Crippen molar-refractivity contribution in [3.8, 4) is 5.75 Å². The fourth-order valence-corrected chi connectivity index (χ4v) is 5.67. The van der Waals surface area contributed by atoms with Crippen molar-refractivity contribution < 1.29 is 23.9 Å². The molecule has 0 unspecified atom stereocenters. The second-order valence-electron chi connectivity index (χ2n) is 8.89. The van der Waals surface area contributed by atoms with Crippen LogP contribution in [0.2, 0.25) is 5.02 Å². The van der Waals surface area contributed by atoms with Gasteiger partial charge in [0.25, 0.3) is 0 Å². The lowest BCUT2D eigenvalue weighted by Crippen LogP contribution is -2.53. The molecule has 3 aliphatic heterocycles. The SMILES string of the molecule is COc1ccc(CN2C(=O)[C@@H]3[C@H](CC(N)=O)N[C@]4(C(=O)Nc5c4ccc(Cl)c5C)[C@H]3C2=O)cc1. The van der Waals surface area contributed by atoms with Gasteiger partial charge in [-0.05, 0) is 36.2 Å². The Labute approximate surface area is 200 Å². The van der Waals surface area contributed by atoms with E-state index in [4.69, 9.17) is 22.1 Å². The minimum Gasteiger partial charge on any atom is -0.497 e. The number of rotatable bonds is 5. The number of benzene rings is 2. The molecule has 4 amide bonds. The van der Waals surface area contributed by atoms with Crippen molar-refractivity contribution >= 4 is 40.9 Å². The number of primary amides is 1. The number of ether oxygens (including phenoxy) is 1. The van der Waals surface area contributed by atoms with Gasteiger partial charge in [0.2, 0.25) is 23.6 Å². The average Bonchev–Trinajstić information content (AvgIpc) is 3.37. The van der Waals surface area contributed by atoms with E-state index in [0.717, 1.165) is 5.56 Å². The van der Waals surface area contributed by atoms with E-state index in [9.17, 15) is 19.2 Å². The Morgan fingerprint density at radius 3 is 2.50 bits per heavy atom. The molecule has 2 fully saturated rings. The summed E-state index contributed by atoms with van der Waals surface area (Å²) in [6.45, 7) is 1.81. The molecule has 1 spiro atoms. The maximum atomic E-state index is 13.7. The summed E-state index contributed by atoms with van der Waals surface area (Å²) in [6.07, 6.45) is -0.187. The van der Waals surface area contributed by atoms with Crippen LogP contribution in [0.15, 0.2) is 36.4 Å². The van der Waals surface area contributed by atoms with Crippen molar-refractivity contribution in [2.24, 2.45) is 17.6 Å². The molecule has 0 bridgehead atoms. The Kier molecular flexibility index (Phi) is 5.14. The van der Waals surface area contributed by atoms with Gasteiger partial charge in [0.1, 0.15) is 11.3 Å². The molecule has 2 aromatic rings. The Morgan fingerprint density at radius 1 is 1.15 bits per heavy atom. The maximum Gasteiger partial charge on any atom is 0.250 e. The number of anilines is 1. The molecule has 0 aromatic heterocycles. The highest BCUT2D eigenvalue weighted by Gasteiger charge is 2.70. The van der Waals surface area contributed by atoms with E-state index in [-0.39, 0.29) is 13.0 Å². The number of methoxy groups -OCH3 is 1. The molecule has 2 aromatic carbocycles. The predicted octanol–water partition coefficient (Wildman–Crippen LogP) is 1.45. The number of imide groups is 1. The molecular formula is C24H23ClN4O5. The number of amides is 4. The van der Waals surface area contributed by atoms with Gasteiger partial charge in [-0.25, -0.2) is 0 Å². The zero-order chi connectivity index (χ0) is 24.4. The fraction of sp³-hybridized carbons (Fsp3) is 0.333. The number of nitrogens with one attached hydrogen (secondary N) is 2. The first kappa shape index (κ1) is 22.4. The minimum atomic E-state index is -1.50. The van der Waals surface area contributed by atoms with Crippen LogP contribution < -0.4 is 21.1 Å². The van der Waals surface area contributed by atoms with Crippen LogP contribution in [0, 0.1) is 18.8 Å². The summed E-state index contributed by atoms with van der Waals surface area (Å²) in [7, 11) is 1.55. The molecule has 0 radical (unpaired) electrons. The van der Waals surface area contributed by atoms with Crippen molar-refractivity contribution in [1.29, 1.82) is 0 Å². The Hall–Kier alpha value is -3.43. The lowest BCUT2D eigenvalue weighted by molar-refractivity contribution is -0.143. The standard InChI is InChI=1S/C24H23ClN4O5/c1-11-15(25)8-7-14-20(11)27-23(33)24(14)19-18(16(28-24)9-17(26)30)21(31)29(22(19)32)10-12-3-5-13(34-2)6-4-12/h3-8,16,18-19,28H,9-10H2,1-2H3,(H2,26,30)(H,27,33)/t16-,18+,19+,24-/m0/s1. The van der Waals surface area contributed by atoms with Crippen molar-refractivity contribution in [1.82, 2.24) is 10.2 Å². The van der Waals surface area contributed by atoms with E-state index in [1.165, 1.54) is 4.90 Å². The summed E-state index contributed by atoms with van der Waals surface area (Å²) in [4.78, 5) is 53.7. The molecule has 10 heteroatoms. The molecule has 9 nitrogen and oxygen atoms in total. The third-order valence-electron chi connectivity index (χ3n) is 7.10. The summed E-state index contributed by atoms with van der Waals surface area (Å²) < 4.78 is 5.17. The highest BCUT2D eigenvalue weighted by Crippen LogP contribution is 2.54. The number of hydrogen-bond donors (Lipinski definition) is 3. The monoisotopic (exact) mass is 482 g/mol. The van der Waals surface area contributed by atoms with E-state index >= 15 is 0 Å². The number of carbonyl (C=O) groups is 4. The van der Waals surface area contributed by atoms with Gasteiger partial charge in [0, 0.05) is 23.0 Å². The zero-order valence-corrected chi connectivity index (χ0v) is 19.3. The quantitative estimate of drug-likeness (QED) is 0.553. The summed E-state index contributed by atoms with van der Waals surface area (Å²) >= 11 is 6.26. The van der Waals surface area contributed by atoms with Crippen molar-refractivity contribution in [2.45, 2.75) is 31.5 Å². The zero-order valence-electron chi connectivity index (χ0n) is 18.6. The molecule has 5 rings (SSSR count). The van der Waals surface area contributed by atoms with Gasteiger partial charge in [-0.15, -0.1) is 0 Å². The van der Waals surface area contributed by atoms with Crippen molar-refractivity contribution in [3.05, 3.63) is 58.1 Å². The molecule has 0 saturated carbocycles. The van der Waals surface area contributed by atoms with Crippen LogP contribution in [0.1, 0.15) is 23.1 Å². The van der Waals surface area contributed by atoms with Crippen LogP contribution in [0.3, 0.4) is 0 Å². The van der Waals surface area contributed by atoms with Crippen LogP contribution in [0.4, 0.5) is 5.69 Å². The van der Waals surface area contributed by atoms with E-state index in [0.29, 0.717) is 27.6 Å². The van der Waals surface area contributed by atoms with Crippen LogP contribution in [-0.2, 0) is 31.3 Å². The molecule has 0 aliphatic carbocycles. The molecule has 4 atom stereocenters. The maximum absolute atomic E-state index is 13.7. The Balaban J connectivity index is 1.59. The number of nitrogens with zero attached hydrogens (tertiary/aromatic N) is 1. The van der Waals surface area contributed by atoms with Crippen LogP contribution in [-0.4, -0.2) is 41.7 Å². The molecule has 176 valence electrons. The van der Waals surface area contributed by atoms with Gasteiger partial charge in [-0.3, -0.25) is 29.4 Å². The third-order valence-corrected chi connectivity index (χ3v) is 7.51. The van der Waals surface area contributed by atoms with E-state index in [1.54, 1.807) is 50.4 Å². The number of likely N-dealkylation sites (tertiary alicyclic amines) is 1. The fourth-order valence-electron chi connectivity index (χ4n) is 5.51. The topological polar surface area (TPSA) is 131 Å². The van der Waals surface area contributed by atoms with Gasteiger partial charge in [0.15, 0.2) is 0 Å². The number of fused-ring (bicyclic) bond motifs is 4. The van der Waals surface area contributed by atoms with Gasteiger partial charge in [0.05, 0.1) is 31.2 Å². The smallest absolute Gasteiger partial charge is 0.250 e. The van der Waals surface area contributed by atoms with Gasteiger partial charge in [-0.2, -0.15) is 0 Å². The molecule has 2 saturated heterocycles. The van der Waals surface area contributed by atoms with E-state index in [2.05, 4.69) is 10.6 Å². The molecule has 4 N–H and O–H groups in total. The van der Waals surface area contributed by atoms with Crippen LogP contribution >= 0.6 is 11.6 Å². The van der Waals surface area contributed by atoms with Crippen molar-refractivity contribution in [2.75, 3.05) is 12.4 Å². The summed E-state index contributed by atoms with van der Waals surface area (Å²) in [5.74, 6) is -3.28. The summed E-state index contributed by atoms with van der Waals surface area (Å²) in [6, 6.07) is 9.60.